The van der Waals surface area contributed by atoms with Crippen LogP contribution in [0.3, 0.4) is 0 Å². The first kappa shape index (κ1) is 22.7. The second-order valence-corrected chi connectivity index (χ2v) is 8.37. The Balaban J connectivity index is 1.50. The number of hydrogen-bond acceptors (Lipinski definition) is 3. The third-order valence-electron chi connectivity index (χ3n) is 5.35. The molecular weight excluding hydrogens is 388 g/mol. The fraction of sp³-hybridized carbons (Fsp3) is 0.440. The minimum atomic E-state index is 0.0186. The zero-order valence-electron chi connectivity index (χ0n) is 19.1. The summed E-state index contributed by atoms with van der Waals surface area (Å²) < 4.78 is 6.06. The Labute approximate surface area is 185 Å². The SMILES string of the molecule is CN=C(NCCc1cccc(C(=O)N(C)C)c1)NCc1ccc(C)cc1OCC1CC1. The predicted octanol–water partition coefficient (Wildman–Crippen LogP) is 3.39. The molecular formula is C25H34N4O2. The topological polar surface area (TPSA) is 66.0 Å². The Morgan fingerprint density at radius 1 is 1.16 bits per heavy atom. The maximum Gasteiger partial charge on any atom is 0.253 e. The smallest absolute Gasteiger partial charge is 0.253 e. The first-order valence-electron chi connectivity index (χ1n) is 10.9. The maximum atomic E-state index is 12.2. The Morgan fingerprint density at radius 2 is 1.97 bits per heavy atom. The van der Waals surface area contributed by atoms with Crippen LogP contribution in [0.15, 0.2) is 47.5 Å². The number of aliphatic imine (C=N–C) groups is 1. The highest BCUT2D eigenvalue weighted by Crippen LogP contribution is 2.30. The number of hydrogen-bond donors (Lipinski definition) is 2. The number of carbonyl (C=O) groups excluding carboxylic acids is 1. The summed E-state index contributed by atoms with van der Waals surface area (Å²) in [7, 11) is 5.30. The molecule has 2 N–H and O–H groups in total. The van der Waals surface area contributed by atoms with Crippen LogP contribution in [0.4, 0.5) is 0 Å². The van der Waals surface area contributed by atoms with Crippen LogP contribution in [0.2, 0.25) is 0 Å². The van der Waals surface area contributed by atoms with Gasteiger partial charge in [0.05, 0.1) is 6.61 Å². The zero-order chi connectivity index (χ0) is 22.2. The van der Waals surface area contributed by atoms with Crippen molar-refractivity contribution in [3.05, 3.63) is 64.7 Å². The van der Waals surface area contributed by atoms with E-state index >= 15 is 0 Å². The van der Waals surface area contributed by atoms with Gasteiger partial charge in [0.2, 0.25) is 0 Å². The van der Waals surface area contributed by atoms with Gasteiger partial charge in [0, 0.05) is 45.4 Å². The molecule has 6 heteroatoms. The van der Waals surface area contributed by atoms with Gasteiger partial charge in [0.1, 0.15) is 5.75 Å². The quantitative estimate of drug-likeness (QED) is 0.480. The number of ether oxygens (including phenoxy) is 1. The average molecular weight is 423 g/mol. The first-order valence-corrected chi connectivity index (χ1v) is 10.9. The van der Waals surface area contributed by atoms with Gasteiger partial charge >= 0.3 is 0 Å². The van der Waals surface area contributed by atoms with Crippen molar-refractivity contribution in [2.24, 2.45) is 10.9 Å². The summed E-state index contributed by atoms with van der Waals surface area (Å²) >= 11 is 0. The fourth-order valence-electron chi connectivity index (χ4n) is 3.28. The third-order valence-corrected chi connectivity index (χ3v) is 5.35. The molecule has 3 rings (SSSR count). The maximum absolute atomic E-state index is 12.2. The van der Waals surface area contributed by atoms with Gasteiger partial charge in [-0.05, 0) is 61.4 Å². The number of nitrogens with zero attached hydrogens (tertiary/aromatic N) is 2. The first-order chi connectivity index (χ1) is 15.0. The lowest BCUT2D eigenvalue weighted by atomic mass is 10.1. The van der Waals surface area contributed by atoms with Gasteiger partial charge in [-0.3, -0.25) is 9.79 Å². The Hall–Kier alpha value is -3.02. The van der Waals surface area contributed by atoms with Crippen molar-refractivity contribution in [3.63, 3.8) is 0 Å². The molecule has 0 aliphatic heterocycles. The molecule has 166 valence electrons. The Kier molecular flexibility index (Phi) is 7.93. The summed E-state index contributed by atoms with van der Waals surface area (Å²) in [5, 5.41) is 6.73. The van der Waals surface area contributed by atoms with Gasteiger partial charge in [-0.15, -0.1) is 0 Å². The predicted molar refractivity (Wildman–Crippen MR) is 126 cm³/mol. The van der Waals surface area contributed by atoms with E-state index in [1.807, 2.05) is 24.3 Å². The number of nitrogens with one attached hydrogen (secondary N) is 2. The van der Waals surface area contributed by atoms with Crippen LogP contribution in [-0.4, -0.2) is 51.1 Å². The van der Waals surface area contributed by atoms with Crippen LogP contribution in [0.1, 0.15) is 39.9 Å². The monoisotopic (exact) mass is 422 g/mol. The molecule has 1 fully saturated rings. The van der Waals surface area contributed by atoms with Gasteiger partial charge in [0.25, 0.3) is 5.91 Å². The normalized spacial score (nSPS) is 13.6. The van der Waals surface area contributed by atoms with Crippen LogP contribution in [0.25, 0.3) is 0 Å². The molecule has 0 radical (unpaired) electrons. The Morgan fingerprint density at radius 3 is 2.68 bits per heavy atom. The van der Waals surface area contributed by atoms with Gasteiger partial charge in [-0.2, -0.15) is 0 Å². The highest BCUT2D eigenvalue weighted by Gasteiger charge is 2.22. The number of guanidine groups is 1. The van der Waals surface area contributed by atoms with Crippen molar-refractivity contribution in [2.45, 2.75) is 32.7 Å². The van der Waals surface area contributed by atoms with Crippen LogP contribution >= 0.6 is 0 Å². The molecule has 31 heavy (non-hydrogen) atoms. The lowest BCUT2D eigenvalue weighted by Crippen LogP contribution is -2.38. The largest absolute Gasteiger partial charge is 0.493 e. The van der Waals surface area contributed by atoms with Crippen molar-refractivity contribution < 1.29 is 9.53 Å². The van der Waals surface area contributed by atoms with E-state index < -0.39 is 0 Å². The summed E-state index contributed by atoms with van der Waals surface area (Å²) in [6.07, 6.45) is 3.36. The summed E-state index contributed by atoms with van der Waals surface area (Å²) in [4.78, 5) is 18.1. The zero-order valence-corrected chi connectivity index (χ0v) is 19.1. The van der Waals surface area contributed by atoms with Crippen molar-refractivity contribution >= 4 is 11.9 Å². The van der Waals surface area contributed by atoms with E-state index in [1.54, 1.807) is 26.0 Å². The van der Waals surface area contributed by atoms with E-state index in [-0.39, 0.29) is 5.91 Å². The molecule has 0 unspecified atom stereocenters. The molecule has 1 saturated carbocycles. The van der Waals surface area contributed by atoms with Gasteiger partial charge in [0.15, 0.2) is 5.96 Å². The number of carbonyl (C=O) groups is 1. The van der Waals surface area contributed by atoms with Crippen LogP contribution < -0.4 is 15.4 Å². The van der Waals surface area contributed by atoms with Gasteiger partial charge < -0.3 is 20.3 Å². The molecule has 1 aliphatic carbocycles. The second-order valence-electron chi connectivity index (χ2n) is 8.37. The molecule has 0 aromatic heterocycles. The van der Waals surface area contributed by atoms with E-state index in [4.69, 9.17) is 4.74 Å². The van der Waals surface area contributed by atoms with Crippen LogP contribution in [0, 0.1) is 12.8 Å². The molecule has 6 nitrogen and oxygen atoms in total. The molecule has 0 atom stereocenters. The van der Waals surface area contributed by atoms with E-state index in [2.05, 4.69) is 40.7 Å². The van der Waals surface area contributed by atoms with Crippen molar-refractivity contribution in [3.8, 4) is 5.75 Å². The molecule has 0 heterocycles. The van der Waals surface area contributed by atoms with E-state index in [0.717, 1.165) is 48.3 Å². The van der Waals surface area contributed by atoms with Crippen molar-refractivity contribution in [1.82, 2.24) is 15.5 Å². The van der Waals surface area contributed by atoms with Crippen molar-refractivity contribution in [2.75, 3.05) is 34.3 Å². The summed E-state index contributed by atoms with van der Waals surface area (Å²) in [6.45, 7) is 4.26. The standard InChI is InChI=1S/C25H34N4O2/c1-18-8-11-22(23(14-18)31-17-20-9-10-20)16-28-25(26-2)27-13-12-19-6-5-7-21(15-19)24(30)29(3)4/h5-8,11,14-15,20H,9-10,12-13,16-17H2,1-4H3,(H2,26,27,28). The highest BCUT2D eigenvalue weighted by atomic mass is 16.5. The van der Waals surface area contributed by atoms with Gasteiger partial charge in [-0.1, -0.05) is 24.3 Å². The lowest BCUT2D eigenvalue weighted by Gasteiger charge is -2.16. The summed E-state index contributed by atoms with van der Waals surface area (Å²) in [6, 6.07) is 14.1. The summed E-state index contributed by atoms with van der Waals surface area (Å²) in [5.41, 5.74) is 4.16. The van der Waals surface area contributed by atoms with Crippen LogP contribution in [-0.2, 0) is 13.0 Å². The van der Waals surface area contributed by atoms with E-state index in [1.165, 1.54) is 18.4 Å². The average Bonchev–Trinajstić information content (AvgIpc) is 3.59. The summed E-state index contributed by atoms with van der Waals surface area (Å²) in [5.74, 6) is 2.44. The van der Waals surface area contributed by atoms with Crippen LogP contribution in [0.5, 0.6) is 5.75 Å². The molecule has 1 aliphatic rings. The minimum absolute atomic E-state index is 0.0186. The van der Waals surface area contributed by atoms with Gasteiger partial charge in [-0.25, -0.2) is 0 Å². The number of rotatable bonds is 9. The number of benzene rings is 2. The van der Waals surface area contributed by atoms with E-state index in [9.17, 15) is 4.79 Å². The van der Waals surface area contributed by atoms with E-state index in [0.29, 0.717) is 12.1 Å². The molecule has 1 amide bonds. The fourth-order valence-corrected chi connectivity index (χ4v) is 3.28. The lowest BCUT2D eigenvalue weighted by molar-refractivity contribution is 0.0827. The highest BCUT2D eigenvalue weighted by molar-refractivity contribution is 5.94. The number of aryl methyl sites for hydroxylation is 1. The Bertz CT molecular complexity index is 919. The van der Waals surface area contributed by atoms with Crippen molar-refractivity contribution in [1.29, 1.82) is 0 Å². The minimum Gasteiger partial charge on any atom is -0.493 e. The molecule has 0 saturated heterocycles. The molecule has 0 spiro atoms. The molecule has 2 aromatic rings. The second kappa shape index (κ2) is 10.8. The molecule has 2 aromatic carbocycles. The number of amides is 1. The molecule has 0 bridgehead atoms. The third kappa shape index (κ3) is 7.02.